The predicted molar refractivity (Wildman–Crippen MR) is 109 cm³/mol. The van der Waals surface area contributed by atoms with Crippen molar-refractivity contribution in [3.63, 3.8) is 0 Å². The van der Waals surface area contributed by atoms with Crippen molar-refractivity contribution < 1.29 is 18.0 Å². The van der Waals surface area contributed by atoms with E-state index in [0.717, 1.165) is 41.3 Å². The van der Waals surface area contributed by atoms with Gasteiger partial charge >= 0.3 is 6.18 Å². The number of rotatable bonds is 4. The van der Waals surface area contributed by atoms with Gasteiger partial charge in [0.1, 0.15) is 6.33 Å². The lowest BCUT2D eigenvalue weighted by molar-refractivity contribution is -0.138. The summed E-state index contributed by atoms with van der Waals surface area (Å²) in [5.74, 6) is 0.437. The van der Waals surface area contributed by atoms with Crippen LogP contribution < -0.4 is 4.90 Å². The number of amides is 1. The molecule has 0 N–H and O–H groups in total. The van der Waals surface area contributed by atoms with Crippen LogP contribution in [0.3, 0.4) is 0 Å². The van der Waals surface area contributed by atoms with Crippen LogP contribution in [-0.4, -0.2) is 48.5 Å². The molecule has 0 bridgehead atoms. The van der Waals surface area contributed by atoms with E-state index in [-0.39, 0.29) is 17.8 Å². The van der Waals surface area contributed by atoms with Gasteiger partial charge in [-0.3, -0.25) is 4.79 Å². The maximum Gasteiger partial charge on any atom is 0.419 e. The molecule has 3 aromatic heterocycles. The molecule has 2 aliphatic heterocycles. The van der Waals surface area contributed by atoms with Crippen molar-refractivity contribution in [1.82, 2.24) is 29.5 Å². The van der Waals surface area contributed by atoms with Crippen molar-refractivity contribution >= 4 is 17.5 Å². The highest BCUT2D eigenvalue weighted by atomic mass is 19.4. The van der Waals surface area contributed by atoms with Crippen LogP contribution in [-0.2, 0) is 30.5 Å². The van der Waals surface area contributed by atoms with Gasteiger partial charge in [0.05, 0.1) is 17.8 Å². The zero-order valence-electron chi connectivity index (χ0n) is 17.7. The van der Waals surface area contributed by atoms with Gasteiger partial charge < -0.3 is 9.80 Å². The molecule has 2 aliphatic rings. The highest BCUT2D eigenvalue weighted by Gasteiger charge is 2.36. The summed E-state index contributed by atoms with van der Waals surface area (Å²) in [6.07, 6.45) is -0.0979. The minimum absolute atomic E-state index is 0.0601. The monoisotopic (exact) mass is 445 g/mol. The van der Waals surface area contributed by atoms with Gasteiger partial charge in [-0.2, -0.15) is 18.3 Å². The quantitative estimate of drug-likeness (QED) is 0.615. The first-order valence-electron chi connectivity index (χ1n) is 10.5. The zero-order valence-corrected chi connectivity index (χ0v) is 17.7. The van der Waals surface area contributed by atoms with E-state index in [1.807, 2.05) is 9.42 Å². The Balaban J connectivity index is 1.22. The summed E-state index contributed by atoms with van der Waals surface area (Å²) in [4.78, 5) is 28.6. The second kappa shape index (κ2) is 7.42. The summed E-state index contributed by atoms with van der Waals surface area (Å²) in [7, 11) is 0. The first-order valence-corrected chi connectivity index (χ1v) is 10.5. The molecule has 1 saturated heterocycles. The number of fused-ring (bicyclic) bond motifs is 3. The number of halogens is 3. The molecule has 8 nitrogen and oxygen atoms in total. The van der Waals surface area contributed by atoms with Crippen LogP contribution in [0.5, 0.6) is 0 Å². The van der Waals surface area contributed by atoms with Gasteiger partial charge in [0.2, 0.25) is 11.9 Å². The molecule has 11 heteroatoms. The topological polar surface area (TPSA) is 79.5 Å². The lowest BCUT2D eigenvalue weighted by atomic mass is 9.96. The summed E-state index contributed by atoms with van der Waals surface area (Å²) < 4.78 is 39.8. The van der Waals surface area contributed by atoms with Crippen LogP contribution in [0.15, 0.2) is 18.7 Å². The molecule has 0 atom stereocenters. The fourth-order valence-corrected chi connectivity index (χ4v) is 4.61. The largest absolute Gasteiger partial charge is 0.419 e. The Labute approximate surface area is 182 Å². The van der Waals surface area contributed by atoms with Crippen LogP contribution in [0.25, 0.3) is 5.65 Å². The Hall–Kier alpha value is -3.24. The number of hydrogen-bond acceptors (Lipinski definition) is 6. The average molecular weight is 445 g/mol. The number of pyridine rings is 1. The molecule has 0 spiro atoms. The highest BCUT2D eigenvalue weighted by Crippen LogP contribution is 2.33. The second-order valence-electron chi connectivity index (χ2n) is 8.37. The van der Waals surface area contributed by atoms with Crippen molar-refractivity contribution in [1.29, 1.82) is 0 Å². The smallest absolute Gasteiger partial charge is 0.340 e. The number of aryl methyl sites for hydroxylation is 1. The highest BCUT2D eigenvalue weighted by molar-refractivity contribution is 5.78. The van der Waals surface area contributed by atoms with Crippen molar-refractivity contribution in [2.24, 2.45) is 5.92 Å². The van der Waals surface area contributed by atoms with Crippen LogP contribution in [0.4, 0.5) is 19.1 Å². The molecular formula is C21H22F3N7O. The molecule has 5 heterocycles. The average Bonchev–Trinajstić information content (AvgIpc) is 3.37. The normalized spacial score (nSPS) is 16.5. The molecular weight excluding hydrogens is 423 g/mol. The number of alkyl halides is 3. The summed E-state index contributed by atoms with van der Waals surface area (Å²) >= 11 is 0. The van der Waals surface area contributed by atoms with Gasteiger partial charge in [-0.25, -0.2) is 19.5 Å². The van der Waals surface area contributed by atoms with Gasteiger partial charge in [0.15, 0.2) is 5.65 Å². The minimum Gasteiger partial charge on any atom is -0.340 e. The third-order valence-corrected chi connectivity index (χ3v) is 6.39. The first kappa shape index (κ1) is 20.7. The number of carbonyl (C=O) groups excluding carboxylic acids is 1. The molecule has 168 valence electrons. The van der Waals surface area contributed by atoms with Gasteiger partial charge in [-0.15, -0.1) is 0 Å². The summed E-state index contributed by atoms with van der Waals surface area (Å²) in [6, 6.07) is 0. The fraction of sp³-hybridized carbons (Fsp3) is 0.476. The van der Waals surface area contributed by atoms with Gasteiger partial charge in [-0.1, -0.05) is 6.92 Å². The molecule has 5 rings (SSSR count). The van der Waals surface area contributed by atoms with E-state index < -0.39 is 11.7 Å². The molecule has 0 unspecified atom stereocenters. The standard InChI is InChI=1S/C21H22F3N7O/c1-3-15-12(2)16-9-29(10-17(16)31-19(15)27-11-28-31)18(32)4-13-7-30(8-13)20-25-5-14(6-26-20)21(22,23)24/h5-6,11,13H,3-4,7-10H2,1-2H3. The third-order valence-electron chi connectivity index (χ3n) is 6.39. The van der Waals surface area contributed by atoms with Crippen molar-refractivity contribution in [2.45, 2.75) is 46.0 Å². The molecule has 1 amide bonds. The number of nitrogens with zero attached hydrogens (tertiary/aromatic N) is 7. The first-order chi connectivity index (χ1) is 15.3. The number of carbonyl (C=O) groups is 1. The molecule has 1 fully saturated rings. The van der Waals surface area contributed by atoms with E-state index in [1.54, 1.807) is 11.2 Å². The van der Waals surface area contributed by atoms with Gasteiger partial charge in [0.25, 0.3) is 0 Å². The lowest BCUT2D eigenvalue weighted by Gasteiger charge is -2.39. The van der Waals surface area contributed by atoms with Gasteiger partial charge in [-0.05, 0) is 30.0 Å². The summed E-state index contributed by atoms with van der Waals surface area (Å²) in [5, 5.41) is 4.36. The molecule has 32 heavy (non-hydrogen) atoms. The van der Waals surface area contributed by atoms with Crippen molar-refractivity contribution in [3.05, 3.63) is 46.7 Å². The molecule has 0 radical (unpaired) electrons. The number of aromatic nitrogens is 5. The number of hydrogen-bond donors (Lipinski definition) is 0. The van der Waals surface area contributed by atoms with E-state index in [2.05, 4.69) is 33.9 Å². The predicted octanol–water partition coefficient (Wildman–Crippen LogP) is 2.78. The Morgan fingerprint density at radius 1 is 1.16 bits per heavy atom. The maximum absolute atomic E-state index is 13.0. The summed E-state index contributed by atoms with van der Waals surface area (Å²) in [6.45, 7) is 6.31. The van der Waals surface area contributed by atoms with Crippen LogP contribution in [0, 0.1) is 12.8 Å². The van der Waals surface area contributed by atoms with E-state index in [4.69, 9.17) is 0 Å². The molecule has 0 saturated carbocycles. The maximum atomic E-state index is 13.0. The Bertz CT molecular complexity index is 1180. The lowest BCUT2D eigenvalue weighted by Crippen LogP contribution is -2.49. The SMILES string of the molecule is CCc1c(C)c2c(n3ncnc13)CN(C(=O)CC1CN(c3ncc(C(F)(F)F)cn3)C1)C2. The molecule has 0 aromatic carbocycles. The Kier molecular flexibility index (Phi) is 4.79. The number of anilines is 1. The third kappa shape index (κ3) is 3.35. The van der Waals surface area contributed by atoms with Crippen LogP contribution in [0.2, 0.25) is 0 Å². The van der Waals surface area contributed by atoms with E-state index in [9.17, 15) is 18.0 Å². The minimum atomic E-state index is -4.45. The van der Waals surface area contributed by atoms with E-state index >= 15 is 0 Å². The Morgan fingerprint density at radius 3 is 2.53 bits per heavy atom. The van der Waals surface area contributed by atoms with E-state index in [0.29, 0.717) is 32.6 Å². The summed E-state index contributed by atoms with van der Waals surface area (Å²) in [5.41, 5.74) is 4.46. The van der Waals surface area contributed by atoms with Gasteiger partial charge in [0, 0.05) is 44.4 Å². The van der Waals surface area contributed by atoms with E-state index in [1.165, 1.54) is 5.56 Å². The van der Waals surface area contributed by atoms with Crippen molar-refractivity contribution in [3.8, 4) is 0 Å². The van der Waals surface area contributed by atoms with Crippen LogP contribution in [0.1, 0.15) is 41.3 Å². The Morgan fingerprint density at radius 2 is 1.88 bits per heavy atom. The molecule has 0 aliphatic carbocycles. The molecule has 3 aromatic rings. The van der Waals surface area contributed by atoms with Crippen molar-refractivity contribution in [2.75, 3.05) is 18.0 Å². The second-order valence-corrected chi connectivity index (χ2v) is 8.37. The van der Waals surface area contributed by atoms with Crippen LogP contribution >= 0.6 is 0 Å². The zero-order chi connectivity index (χ0) is 22.6. The fourth-order valence-electron chi connectivity index (χ4n) is 4.61.